The third-order valence-electron chi connectivity index (χ3n) is 3.44. The standard InChI is InChI=1S/C12H21NO/c14-12-8-6-11(7-9-12)13-10-4-2-1-3-5-10/h1-2,10-14H,3-9H2. The van der Waals surface area contributed by atoms with E-state index in [1.165, 1.54) is 19.3 Å². The van der Waals surface area contributed by atoms with Crippen LogP contribution in [-0.2, 0) is 0 Å². The normalized spacial score (nSPS) is 38.5. The van der Waals surface area contributed by atoms with Crippen LogP contribution >= 0.6 is 0 Å². The second-order valence-corrected chi connectivity index (χ2v) is 4.65. The van der Waals surface area contributed by atoms with Gasteiger partial charge in [0, 0.05) is 12.1 Å². The molecule has 0 bridgehead atoms. The van der Waals surface area contributed by atoms with Crippen molar-refractivity contribution in [1.82, 2.24) is 5.32 Å². The maximum Gasteiger partial charge on any atom is 0.0541 e. The van der Waals surface area contributed by atoms with Crippen LogP contribution in [-0.4, -0.2) is 23.3 Å². The SMILES string of the molecule is OC1CCC(NC2CC=CCC2)CC1. The molecule has 0 aromatic rings. The van der Waals surface area contributed by atoms with Gasteiger partial charge in [0.15, 0.2) is 0 Å². The molecule has 0 aromatic heterocycles. The van der Waals surface area contributed by atoms with Gasteiger partial charge in [-0.05, 0) is 44.9 Å². The first-order valence-corrected chi connectivity index (χ1v) is 5.93. The largest absolute Gasteiger partial charge is 0.393 e. The number of nitrogens with one attached hydrogen (secondary N) is 1. The van der Waals surface area contributed by atoms with E-state index in [1.807, 2.05) is 0 Å². The molecule has 0 aliphatic heterocycles. The van der Waals surface area contributed by atoms with Crippen LogP contribution in [0.1, 0.15) is 44.9 Å². The Bertz CT molecular complexity index is 194. The molecule has 14 heavy (non-hydrogen) atoms. The van der Waals surface area contributed by atoms with E-state index >= 15 is 0 Å². The Morgan fingerprint density at radius 1 is 0.929 bits per heavy atom. The summed E-state index contributed by atoms with van der Waals surface area (Å²) in [6.45, 7) is 0. The van der Waals surface area contributed by atoms with Crippen LogP contribution in [0.3, 0.4) is 0 Å². The van der Waals surface area contributed by atoms with Gasteiger partial charge in [-0.1, -0.05) is 12.2 Å². The predicted octanol–water partition coefficient (Wildman–Crippen LogP) is 1.99. The van der Waals surface area contributed by atoms with Crippen molar-refractivity contribution >= 4 is 0 Å². The average molecular weight is 195 g/mol. The van der Waals surface area contributed by atoms with Crippen LogP contribution in [0.25, 0.3) is 0 Å². The highest BCUT2D eigenvalue weighted by atomic mass is 16.3. The molecule has 2 N–H and O–H groups in total. The van der Waals surface area contributed by atoms with E-state index in [1.54, 1.807) is 0 Å². The molecule has 1 saturated carbocycles. The Kier molecular flexibility index (Phi) is 3.60. The highest BCUT2D eigenvalue weighted by molar-refractivity contribution is 4.94. The van der Waals surface area contributed by atoms with Crippen molar-refractivity contribution in [2.45, 2.75) is 63.1 Å². The van der Waals surface area contributed by atoms with Crippen molar-refractivity contribution in [2.75, 3.05) is 0 Å². The van der Waals surface area contributed by atoms with Gasteiger partial charge in [-0.25, -0.2) is 0 Å². The summed E-state index contributed by atoms with van der Waals surface area (Å²) in [5, 5.41) is 13.1. The molecule has 2 heteroatoms. The van der Waals surface area contributed by atoms with Gasteiger partial charge in [-0.3, -0.25) is 0 Å². The number of rotatable bonds is 2. The molecule has 2 aliphatic carbocycles. The number of hydrogen-bond donors (Lipinski definition) is 2. The summed E-state index contributed by atoms with van der Waals surface area (Å²) in [6, 6.07) is 1.36. The van der Waals surface area contributed by atoms with Crippen molar-refractivity contribution in [3.05, 3.63) is 12.2 Å². The lowest BCUT2D eigenvalue weighted by Gasteiger charge is -2.31. The van der Waals surface area contributed by atoms with Crippen molar-refractivity contribution in [3.8, 4) is 0 Å². The summed E-state index contributed by atoms with van der Waals surface area (Å²) in [5.41, 5.74) is 0. The Morgan fingerprint density at radius 2 is 1.71 bits per heavy atom. The molecule has 1 atom stereocenters. The van der Waals surface area contributed by atoms with Crippen LogP contribution in [0.2, 0.25) is 0 Å². The third kappa shape index (κ3) is 2.82. The molecule has 1 fully saturated rings. The van der Waals surface area contributed by atoms with E-state index in [9.17, 15) is 5.11 Å². The van der Waals surface area contributed by atoms with Gasteiger partial charge >= 0.3 is 0 Å². The zero-order valence-electron chi connectivity index (χ0n) is 8.78. The first-order valence-electron chi connectivity index (χ1n) is 5.93. The van der Waals surface area contributed by atoms with Crippen molar-refractivity contribution in [1.29, 1.82) is 0 Å². The molecule has 0 heterocycles. The number of aliphatic hydroxyl groups is 1. The van der Waals surface area contributed by atoms with E-state index in [4.69, 9.17) is 0 Å². The van der Waals surface area contributed by atoms with Crippen LogP contribution in [0, 0.1) is 0 Å². The molecule has 80 valence electrons. The second-order valence-electron chi connectivity index (χ2n) is 4.65. The third-order valence-corrected chi connectivity index (χ3v) is 3.44. The molecule has 2 nitrogen and oxygen atoms in total. The van der Waals surface area contributed by atoms with Crippen molar-refractivity contribution in [2.24, 2.45) is 0 Å². The van der Waals surface area contributed by atoms with Gasteiger partial charge in [0.2, 0.25) is 0 Å². The topological polar surface area (TPSA) is 32.3 Å². The summed E-state index contributed by atoms with van der Waals surface area (Å²) in [4.78, 5) is 0. The molecule has 2 rings (SSSR count). The maximum absolute atomic E-state index is 9.39. The molecule has 0 aromatic carbocycles. The monoisotopic (exact) mass is 195 g/mol. The predicted molar refractivity (Wildman–Crippen MR) is 58.2 cm³/mol. The van der Waals surface area contributed by atoms with Crippen LogP contribution in [0.5, 0.6) is 0 Å². The van der Waals surface area contributed by atoms with Crippen LogP contribution in [0.4, 0.5) is 0 Å². The average Bonchev–Trinajstić information content (AvgIpc) is 2.23. The van der Waals surface area contributed by atoms with E-state index in [-0.39, 0.29) is 6.10 Å². The molecular formula is C12H21NO. The fourth-order valence-corrected chi connectivity index (χ4v) is 2.52. The minimum atomic E-state index is -0.0284. The minimum Gasteiger partial charge on any atom is -0.393 e. The van der Waals surface area contributed by atoms with Crippen LogP contribution in [0.15, 0.2) is 12.2 Å². The lowest BCUT2D eigenvalue weighted by Crippen LogP contribution is -2.41. The molecule has 1 unspecified atom stereocenters. The van der Waals surface area contributed by atoms with Gasteiger partial charge < -0.3 is 10.4 Å². The molecular weight excluding hydrogens is 174 g/mol. The zero-order valence-corrected chi connectivity index (χ0v) is 8.78. The van der Waals surface area contributed by atoms with E-state index in [0.717, 1.165) is 25.7 Å². The molecule has 2 aliphatic rings. The van der Waals surface area contributed by atoms with Gasteiger partial charge in [-0.15, -0.1) is 0 Å². The molecule has 0 radical (unpaired) electrons. The lowest BCUT2D eigenvalue weighted by molar-refractivity contribution is 0.113. The fraction of sp³-hybridized carbons (Fsp3) is 0.833. The van der Waals surface area contributed by atoms with Crippen molar-refractivity contribution in [3.63, 3.8) is 0 Å². The maximum atomic E-state index is 9.39. The number of allylic oxidation sites excluding steroid dienone is 1. The van der Waals surface area contributed by atoms with Crippen molar-refractivity contribution < 1.29 is 5.11 Å². The minimum absolute atomic E-state index is 0.0284. The Labute approximate surface area is 86.4 Å². The van der Waals surface area contributed by atoms with Gasteiger partial charge in [-0.2, -0.15) is 0 Å². The van der Waals surface area contributed by atoms with Gasteiger partial charge in [0.05, 0.1) is 6.10 Å². The van der Waals surface area contributed by atoms with E-state index in [2.05, 4.69) is 17.5 Å². The highest BCUT2D eigenvalue weighted by Gasteiger charge is 2.21. The van der Waals surface area contributed by atoms with E-state index in [0.29, 0.717) is 12.1 Å². The second kappa shape index (κ2) is 4.94. The molecule has 0 spiro atoms. The number of hydrogen-bond acceptors (Lipinski definition) is 2. The molecule has 0 amide bonds. The summed E-state index contributed by atoms with van der Waals surface area (Å²) in [6.07, 6.45) is 12.5. The summed E-state index contributed by atoms with van der Waals surface area (Å²) >= 11 is 0. The Balaban J connectivity index is 1.72. The summed E-state index contributed by atoms with van der Waals surface area (Å²) in [5.74, 6) is 0. The zero-order chi connectivity index (χ0) is 9.80. The fourth-order valence-electron chi connectivity index (χ4n) is 2.52. The van der Waals surface area contributed by atoms with E-state index < -0.39 is 0 Å². The quantitative estimate of drug-likeness (QED) is 0.660. The van der Waals surface area contributed by atoms with Crippen LogP contribution < -0.4 is 5.32 Å². The highest BCUT2D eigenvalue weighted by Crippen LogP contribution is 2.20. The smallest absolute Gasteiger partial charge is 0.0541 e. The summed E-state index contributed by atoms with van der Waals surface area (Å²) in [7, 11) is 0. The summed E-state index contributed by atoms with van der Waals surface area (Å²) < 4.78 is 0. The Morgan fingerprint density at radius 3 is 2.36 bits per heavy atom. The lowest BCUT2D eigenvalue weighted by atomic mass is 9.91. The van der Waals surface area contributed by atoms with Gasteiger partial charge in [0.25, 0.3) is 0 Å². The van der Waals surface area contributed by atoms with Gasteiger partial charge in [0.1, 0.15) is 0 Å². The first kappa shape index (κ1) is 10.2. The first-order chi connectivity index (χ1) is 6.84. The molecule has 0 saturated heterocycles. The number of aliphatic hydroxyl groups excluding tert-OH is 1. The Hall–Kier alpha value is -0.340.